The highest BCUT2D eigenvalue weighted by molar-refractivity contribution is 7.11. The average Bonchev–Trinajstić information content (AvgIpc) is 2.73. The first-order valence-electron chi connectivity index (χ1n) is 6.91. The van der Waals surface area contributed by atoms with Crippen molar-refractivity contribution in [1.82, 2.24) is 10.3 Å². The number of rotatable bonds is 5. The van der Waals surface area contributed by atoms with Crippen LogP contribution in [-0.2, 0) is 17.7 Å². The number of thiazole rings is 1. The molecule has 102 valence electrons. The molecule has 2 rings (SSSR count). The van der Waals surface area contributed by atoms with Crippen molar-refractivity contribution < 1.29 is 4.74 Å². The second-order valence-electron chi connectivity index (χ2n) is 5.44. The summed E-state index contributed by atoms with van der Waals surface area (Å²) >= 11 is 1.90. The van der Waals surface area contributed by atoms with Gasteiger partial charge < -0.3 is 10.1 Å². The topological polar surface area (TPSA) is 34.1 Å². The lowest BCUT2D eigenvalue weighted by Gasteiger charge is -2.19. The van der Waals surface area contributed by atoms with Gasteiger partial charge in [0.25, 0.3) is 0 Å². The largest absolute Gasteiger partial charge is 0.381 e. The van der Waals surface area contributed by atoms with Crippen LogP contribution in [0.2, 0.25) is 0 Å². The molecule has 0 atom stereocenters. The summed E-state index contributed by atoms with van der Waals surface area (Å²) in [4.78, 5) is 6.34. The molecule has 1 N–H and O–H groups in total. The van der Waals surface area contributed by atoms with Gasteiger partial charge in [-0.3, -0.25) is 0 Å². The molecule has 0 bridgehead atoms. The zero-order valence-corrected chi connectivity index (χ0v) is 12.5. The van der Waals surface area contributed by atoms with Gasteiger partial charge in [0.15, 0.2) is 0 Å². The molecule has 18 heavy (non-hydrogen) atoms. The Kier molecular flexibility index (Phi) is 5.15. The molecule has 0 radical (unpaired) electrons. The van der Waals surface area contributed by atoms with Gasteiger partial charge in [0.2, 0.25) is 0 Å². The zero-order valence-electron chi connectivity index (χ0n) is 11.7. The second-order valence-corrected chi connectivity index (χ2v) is 6.55. The van der Waals surface area contributed by atoms with E-state index in [1.165, 1.54) is 15.6 Å². The van der Waals surface area contributed by atoms with Gasteiger partial charge in [-0.05, 0) is 32.2 Å². The third-order valence-corrected chi connectivity index (χ3v) is 4.56. The molecule has 0 amide bonds. The minimum absolute atomic E-state index is 0.625. The van der Waals surface area contributed by atoms with E-state index in [9.17, 15) is 0 Å². The second kappa shape index (κ2) is 6.64. The summed E-state index contributed by atoms with van der Waals surface area (Å²) in [7, 11) is 2.01. The summed E-state index contributed by atoms with van der Waals surface area (Å²) in [5.74, 6) is 1.30. The van der Waals surface area contributed by atoms with Gasteiger partial charge in [-0.15, -0.1) is 11.3 Å². The Morgan fingerprint density at radius 1 is 1.39 bits per heavy atom. The van der Waals surface area contributed by atoms with Gasteiger partial charge in [0, 0.05) is 30.6 Å². The van der Waals surface area contributed by atoms with E-state index in [-0.39, 0.29) is 0 Å². The van der Waals surface area contributed by atoms with E-state index in [1.807, 2.05) is 18.4 Å². The molecule has 0 saturated carbocycles. The van der Waals surface area contributed by atoms with E-state index in [0.29, 0.717) is 11.8 Å². The van der Waals surface area contributed by atoms with Gasteiger partial charge in [0.1, 0.15) is 0 Å². The summed E-state index contributed by atoms with van der Waals surface area (Å²) in [6.07, 6.45) is 3.36. The highest BCUT2D eigenvalue weighted by Gasteiger charge is 2.21. The number of hydrogen-bond donors (Lipinski definition) is 1. The maximum absolute atomic E-state index is 5.43. The quantitative estimate of drug-likeness (QED) is 0.891. The van der Waals surface area contributed by atoms with Crippen molar-refractivity contribution >= 4 is 11.3 Å². The van der Waals surface area contributed by atoms with E-state index in [4.69, 9.17) is 9.72 Å². The molecule has 1 aromatic rings. The molecular formula is C14H24N2OS. The molecule has 1 fully saturated rings. The minimum atomic E-state index is 0.625. The lowest BCUT2D eigenvalue weighted by Crippen LogP contribution is -2.14. The van der Waals surface area contributed by atoms with Crippen molar-refractivity contribution in [3.05, 3.63) is 15.6 Å². The normalized spacial score (nSPS) is 17.6. The molecule has 0 unspecified atom stereocenters. The van der Waals surface area contributed by atoms with E-state index in [0.717, 1.165) is 39.0 Å². The Balaban J connectivity index is 2.14. The van der Waals surface area contributed by atoms with E-state index >= 15 is 0 Å². The number of nitrogens with one attached hydrogen (secondary N) is 1. The Bertz CT molecular complexity index is 370. The fourth-order valence-corrected chi connectivity index (χ4v) is 3.64. The fourth-order valence-electron chi connectivity index (χ4n) is 2.37. The van der Waals surface area contributed by atoms with Gasteiger partial charge in [0.05, 0.1) is 10.7 Å². The van der Waals surface area contributed by atoms with Crippen LogP contribution < -0.4 is 5.32 Å². The molecular weight excluding hydrogens is 244 g/mol. The summed E-state index contributed by atoms with van der Waals surface area (Å²) in [6, 6.07) is 0. The van der Waals surface area contributed by atoms with E-state index in [2.05, 4.69) is 19.2 Å². The van der Waals surface area contributed by atoms with Crippen LogP contribution in [0.25, 0.3) is 0 Å². The van der Waals surface area contributed by atoms with Crippen LogP contribution in [0.3, 0.4) is 0 Å². The zero-order chi connectivity index (χ0) is 13.0. The Morgan fingerprint density at radius 2 is 2.11 bits per heavy atom. The first-order valence-corrected chi connectivity index (χ1v) is 7.73. The minimum Gasteiger partial charge on any atom is -0.381 e. The smallest absolute Gasteiger partial charge is 0.0964 e. The predicted molar refractivity (Wildman–Crippen MR) is 76.2 cm³/mol. The molecule has 0 aliphatic carbocycles. The summed E-state index contributed by atoms with van der Waals surface area (Å²) in [6.45, 7) is 7.26. The molecule has 1 aromatic heterocycles. The molecule has 1 aliphatic rings. The highest BCUT2D eigenvalue weighted by Crippen LogP contribution is 2.32. The van der Waals surface area contributed by atoms with Crippen LogP contribution in [0.1, 0.15) is 48.2 Å². The van der Waals surface area contributed by atoms with Gasteiger partial charge in [-0.25, -0.2) is 4.98 Å². The first kappa shape index (κ1) is 14.0. The third kappa shape index (κ3) is 3.53. The molecule has 4 heteroatoms. The van der Waals surface area contributed by atoms with Crippen LogP contribution in [0.15, 0.2) is 0 Å². The SMILES string of the molecule is CNCc1sc(C2CCOCC2)nc1CC(C)C. The maximum Gasteiger partial charge on any atom is 0.0964 e. The number of aromatic nitrogens is 1. The van der Waals surface area contributed by atoms with Crippen LogP contribution in [-0.4, -0.2) is 25.2 Å². The van der Waals surface area contributed by atoms with Crippen LogP contribution in [0, 0.1) is 5.92 Å². The fraction of sp³-hybridized carbons (Fsp3) is 0.786. The van der Waals surface area contributed by atoms with Crippen molar-refractivity contribution in [1.29, 1.82) is 0 Å². The highest BCUT2D eigenvalue weighted by atomic mass is 32.1. The average molecular weight is 268 g/mol. The van der Waals surface area contributed by atoms with Gasteiger partial charge >= 0.3 is 0 Å². The standard InChI is InChI=1S/C14H24N2OS/c1-10(2)8-12-13(9-15-3)18-14(16-12)11-4-6-17-7-5-11/h10-11,15H,4-9H2,1-3H3. The molecule has 1 aliphatic heterocycles. The number of nitrogens with zero attached hydrogens (tertiary/aromatic N) is 1. The third-order valence-electron chi connectivity index (χ3n) is 3.30. The summed E-state index contributed by atoms with van der Waals surface area (Å²) in [5.41, 5.74) is 1.31. The van der Waals surface area contributed by atoms with Crippen LogP contribution >= 0.6 is 11.3 Å². The van der Waals surface area contributed by atoms with Crippen molar-refractivity contribution in [2.45, 2.75) is 45.6 Å². The van der Waals surface area contributed by atoms with Gasteiger partial charge in [-0.1, -0.05) is 13.8 Å². The van der Waals surface area contributed by atoms with Gasteiger partial charge in [-0.2, -0.15) is 0 Å². The Morgan fingerprint density at radius 3 is 2.72 bits per heavy atom. The maximum atomic E-state index is 5.43. The van der Waals surface area contributed by atoms with Crippen LogP contribution in [0.5, 0.6) is 0 Å². The predicted octanol–water partition coefficient (Wildman–Crippen LogP) is 2.96. The molecule has 3 nitrogen and oxygen atoms in total. The summed E-state index contributed by atoms with van der Waals surface area (Å²) < 4.78 is 5.43. The lowest BCUT2D eigenvalue weighted by atomic mass is 10.0. The lowest BCUT2D eigenvalue weighted by molar-refractivity contribution is 0.0852. The van der Waals surface area contributed by atoms with E-state index in [1.54, 1.807) is 0 Å². The molecule has 0 spiro atoms. The number of hydrogen-bond acceptors (Lipinski definition) is 4. The summed E-state index contributed by atoms with van der Waals surface area (Å²) in [5, 5.41) is 4.59. The van der Waals surface area contributed by atoms with Crippen molar-refractivity contribution in [3.8, 4) is 0 Å². The van der Waals surface area contributed by atoms with Crippen LogP contribution in [0.4, 0.5) is 0 Å². The molecule has 1 saturated heterocycles. The van der Waals surface area contributed by atoms with Crippen molar-refractivity contribution in [3.63, 3.8) is 0 Å². The Labute approximate surface area is 114 Å². The Hall–Kier alpha value is -0.450. The van der Waals surface area contributed by atoms with E-state index < -0.39 is 0 Å². The molecule has 2 heterocycles. The molecule has 0 aromatic carbocycles. The van der Waals surface area contributed by atoms with Crippen molar-refractivity contribution in [2.75, 3.05) is 20.3 Å². The first-order chi connectivity index (χ1) is 8.70. The van der Waals surface area contributed by atoms with Crippen molar-refractivity contribution in [2.24, 2.45) is 5.92 Å². The monoisotopic (exact) mass is 268 g/mol. The number of ether oxygens (including phenoxy) is 1.